The number of hydrogen-bond donors (Lipinski definition) is 3. The molecule has 182 valence electrons. The van der Waals surface area contributed by atoms with Crippen molar-refractivity contribution in [3.63, 3.8) is 0 Å². The van der Waals surface area contributed by atoms with Crippen molar-refractivity contribution in [3.8, 4) is 0 Å². The minimum Gasteiger partial charge on any atom is -0.385 e. The van der Waals surface area contributed by atoms with Crippen LogP contribution in [0.5, 0.6) is 0 Å². The van der Waals surface area contributed by atoms with Crippen molar-refractivity contribution in [3.05, 3.63) is 70.1 Å². The summed E-state index contributed by atoms with van der Waals surface area (Å²) >= 11 is 6.58. The molecule has 12 heteroatoms. The van der Waals surface area contributed by atoms with E-state index in [4.69, 9.17) is 11.6 Å². The van der Waals surface area contributed by atoms with Crippen LogP contribution in [0, 0.1) is 0 Å². The van der Waals surface area contributed by atoms with Gasteiger partial charge in [-0.25, -0.2) is 22.8 Å². The minimum atomic E-state index is -4.07. The average Bonchev–Trinajstić information content (AvgIpc) is 3.25. The Morgan fingerprint density at radius 1 is 1.06 bits per heavy atom. The summed E-state index contributed by atoms with van der Waals surface area (Å²) in [6, 6.07) is 13.0. The smallest absolute Gasteiger partial charge is 0.333 e. The molecule has 0 saturated heterocycles. The normalized spacial score (nSPS) is 13.4. The fraction of sp³-hybridized carbons (Fsp3) is 0.174. The summed E-state index contributed by atoms with van der Waals surface area (Å²) in [6.45, 7) is 2.84. The van der Waals surface area contributed by atoms with Crippen LogP contribution < -0.4 is 20.3 Å². The van der Waals surface area contributed by atoms with E-state index in [1.54, 1.807) is 6.07 Å². The Morgan fingerprint density at radius 2 is 1.77 bits per heavy atom. The predicted octanol–water partition coefficient (Wildman–Crippen LogP) is 4.46. The van der Waals surface area contributed by atoms with Gasteiger partial charge in [-0.3, -0.25) is 9.59 Å². The maximum absolute atomic E-state index is 13.0. The summed E-state index contributed by atoms with van der Waals surface area (Å²) in [5.41, 5.74) is 2.59. The van der Waals surface area contributed by atoms with Gasteiger partial charge in [0.2, 0.25) is 5.91 Å². The average molecular weight is 533 g/mol. The molecular weight excluding hydrogens is 512 g/mol. The largest absolute Gasteiger partial charge is 0.385 e. The summed E-state index contributed by atoms with van der Waals surface area (Å²) in [7, 11) is -4.07. The number of benzene rings is 2. The second-order valence-corrected chi connectivity index (χ2v) is 11.3. The second-order valence-electron chi connectivity index (χ2n) is 7.67. The molecule has 0 aliphatic carbocycles. The third-order valence-corrected chi connectivity index (χ3v) is 8.19. The van der Waals surface area contributed by atoms with Crippen molar-refractivity contribution in [1.82, 2.24) is 4.72 Å². The van der Waals surface area contributed by atoms with Crippen LogP contribution in [0.2, 0.25) is 4.34 Å². The number of carbonyl (C=O) groups is 3. The van der Waals surface area contributed by atoms with Crippen LogP contribution in [0.3, 0.4) is 0 Å². The van der Waals surface area contributed by atoms with Crippen LogP contribution >= 0.6 is 22.9 Å². The first-order valence-electron chi connectivity index (χ1n) is 10.6. The van der Waals surface area contributed by atoms with Gasteiger partial charge in [0.25, 0.3) is 15.9 Å². The quantitative estimate of drug-likeness (QED) is 0.386. The van der Waals surface area contributed by atoms with Gasteiger partial charge in [0.15, 0.2) is 0 Å². The minimum absolute atomic E-state index is 0.0791. The van der Waals surface area contributed by atoms with E-state index in [2.05, 4.69) is 10.6 Å². The lowest BCUT2D eigenvalue weighted by atomic mass is 9.97. The monoisotopic (exact) mass is 532 g/mol. The SMILES string of the molecule is CCCNc1ccc2c(c1)CC(=O)N(c1ccc(NC(=O)NS(=O)(=O)c3ccc(Cl)s3)cc1)C2=O. The van der Waals surface area contributed by atoms with Gasteiger partial charge >= 0.3 is 6.03 Å². The summed E-state index contributed by atoms with van der Waals surface area (Å²) in [6.07, 6.45) is 1.03. The van der Waals surface area contributed by atoms with Gasteiger partial charge in [-0.2, -0.15) is 0 Å². The molecule has 2 heterocycles. The van der Waals surface area contributed by atoms with Gasteiger partial charge < -0.3 is 10.6 Å². The lowest BCUT2D eigenvalue weighted by molar-refractivity contribution is -0.117. The molecule has 35 heavy (non-hydrogen) atoms. The number of imide groups is 1. The number of anilines is 3. The van der Waals surface area contributed by atoms with Gasteiger partial charge in [0.1, 0.15) is 4.21 Å². The Kier molecular flexibility index (Phi) is 7.10. The molecule has 9 nitrogen and oxygen atoms in total. The van der Waals surface area contributed by atoms with E-state index < -0.39 is 22.0 Å². The van der Waals surface area contributed by atoms with Crippen molar-refractivity contribution in [1.29, 1.82) is 0 Å². The first-order chi connectivity index (χ1) is 16.7. The molecule has 1 aliphatic rings. The Balaban J connectivity index is 1.45. The zero-order chi connectivity index (χ0) is 25.2. The summed E-state index contributed by atoms with van der Waals surface area (Å²) in [5.74, 6) is -0.799. The lowest BCUT2D eigenvalue weighted by Gasteiger charge is -2.27. The number of thiophene rings is 1. The predicted molar refractivity (Wildman–Crippen MR) is 136 cm³/mol. The maximum atomic E-state index is 13.0. The molecule has 0 atom stereocenters. The highest BCUT2D eigenvalue weighted by Gasteiger charge is 2.32. The van der Waals surface area contributed by atoms with E-state index in [9.17, 15) is 22.8 Å². The molecule has 0 spiro atoms. The lowest BCUT2D eigenvalue weighted by Crippen LogP contribution is -2.42. The maximum Gasteiger partial charge on any atom is 0.333 e. The van der Waals surface area contributed by atoms with Crippen molar-refractivity contribution < 1.29 is 22.8 Å². The Morgan fingerprint density at radius 3 is 2.43 bits per heavy atom. The van der Waals surface area contributed by atoms with E-state index in [0.717, 1.165) is 34.9 Å². The molecule has 2 aromatic carbocycles. The van der Waals surface area contributed by atoms with Gasteiger partial charge in [0.05, 0.1) is 16.4 Å². The van der Waals surface area contributed by atoms with Crippen LogP contribution in [0.25, 0.3) is 0 Å². The van der Waals surface area contributed by atoms with Gasteiger partial charge in [-0.05, 0) is 66.6 Å². The Bertz CT molecular complexity index is 1400. The van der Waals surface area contributed by atoms with Crippen LogP contribution in [0.4, 0.5) is 21.9 Å². The molecule has 0 saturated carbocycles. The molecule has 1 aliphatic heterocycles. The standard InChI is InChI=1S/C23H21ClN4O5S2/c1-2-11-25-16-5-8-18-14(12-16)13-20(29)28(22(18)30)17-6-3-15(4-7-17)26-23(31)27-35(32,33)21-10-9-19(24)34-21/h3-10,12,25H,2,11,13H2,1H3,(H2,26,27,31). The highest BCUT2D eigenvalue weighted by molar-refractivity contribution is 7.92. The van der Waals surface area contributed by atoms with Crippen molar-refractivity contribution in [2.24, 2.45) is 0 Å². The van der Waals surface area contributed by atoms with Gasteiger partial charge in [-0.1, -0.05) is 18.5 Å². The first kappa shape index (κ1) is 24.7. The highest BCUT2D eigenvalue weighted by atomic mass is 35.5. The summed E-state index contributed by atoms with van der Waals surface area (Å²) in [5, 5.41) is 5.66. The summed E-state index contributed by atoms with van der Waals surface area (Å²) < 4.78 is 26.6. The van der Waals surface area contributed by atoms with Crippen molar-refractivity contribution >= 4 is 67.9 Å². The van der Waals surface area contributed by atoms with E-state index in [-0.39, 0.29) is 26.6 Å². The number of halogens is 1. The third kappa shape index (κ3) is 5.47. The molecule has 1 aromatic heterocycles. The topological polar surface area (TPSA) is 125 Å². The number of rotatable bonds is 7. The number of hydrogen-bond acceptors (Lipinski definition) is 7. The molecule has 0 fully saturated rings. The molecule has 0 bridgehead atoms. The first-order valence-corrected chi connectivity index (χ1v) is 13.3. The van der Waals surface area contributed by atoms with Crippen molar-refractivity contribution in [2.75, 3.05) is 22.1 Å². The molecule has 4 rings (SSSR count). The highest BCUT2D eigenvalue weighted by Crippen LogP contribution is 2.29. The molecule has 0 radical (unpaired) electrons. The van der Waals surface area contributed by atoms with Crippen LogP contribution in [-0.4, -0.2) is 32.8 Å². The molecule has 0 unspecified atom stereocenters. The van der Waals surface area contributed by atoms with E-state index in [1.165, 1.54) is 36.4 Å². The van der Waals surface area contributed by atoms with Gasteiger partial charge in [0, 0.05) is 23.5 Å². The number of fused-ring (bicyclic) bond motifs is 1. The molecule has 3 N–H and O–H groups in total. The number of sulfonamides is 1. The third-order valence-electron chi connectivity index (χ3n) is 5.13. The molecule has 4 amide bonds. The van der Waals surface area contributed by atoms with Crippen LogP contribution in [0.15, 0.2) is 58.8 Å². The number of urea groups is 1. The van der Waals surface area contributed by atoms with E-state index >= 15 is 0 Å². The van der Waals surface area contributed by atoms with E-state index in [1.807, 2.05) is 23.8 Å². The fourth-order valence-corrected chi connectivity index (χ4v) is 5.92. The van der Waals surface area contributed by atoms with Crippen LogP contribution in [0.1, 0.15) is 29.3 Å². The number of amides is 4. The molecule has 3 aromatic rings. The second kappa shape index (κ2) is 10.1. The van der Waals surface area contributed by atoms with Crippen molar-refractivity contribution in [2.45, 2.75) is 24.0 Å². The number of nitrogens with one attached hydrogen (secondary N) is 3. The van der Waals surface area contributed by atoms with E-state index in [0.29, 0.717) is 16.8 Å². The van der Waals surface area contributed by atoms with Crippen LogP contribution in [-0.2, 0) is 21.2 Å². The fourth-order valence-electron chi connectivity index (χ4n) is 3.53. The molecular formula is C23H21ClN4O5S2. The Labute approximate surface area is 211 Å². The summed E-state index contributed by atoms with van der Waals surface area (Å²) in [4.78, 5) is 39.1. The Hall–Kier alpha value is -3.41. The van der Waals surface area contributed by atoms with Gasteiger partial charge in [-0.15, -0.1) is 11.3 Å². The zero-order valence-corrected chi connectivity index (χ0v) is 20.9. The number of carbonyl (C=O) groups excluding carboxylic acids is 3. The number of nitrogens with zero attached hydrogens (tertiary/aromatic N) is 1. The zero-order valence-electron chi connectivity index (χ0n) is 18.5.